The van der Waals surface area contributed by atoms with E-state index in [9.17, 15) is 13.2 Å². The van der Waals surface area contributed by atoms with Crippen LogP contribution < -0.4 is 10.1 Å². The third-order valence-corrected chi connectivity index (χ3v) is 7.18. The maximum Gasteiger partial charge on any atom is 0.243 e. The van der Waals surface area contributed by atoms with E-state index in [0.717, 1.165) is 17.5 Å². The minimum atomic E-state index is -3.64. The van der Waals surface area contributed by atoms with Gasteiger partial charge < -0.3 is 10.1 Å². The molecule has 3 rings (SSSR count). The lowest BCUT2D eigenvalue weighted by atomic mass is 9.99. The summed E-state index contributed by atoms with van der Waals surface area (Å²) in [5, 5.41) is 2.96. The van der Waals surface area contributed by atoms with Crippen LogP contribution in [0.5, 0.6) is 5.75 Å². The molecule has 1 saturated heterocycles. The Kier molecular flexibility index (Phi) is 6.92. The highest BCUT2D eigenvalue weighted by atomic mass is 32.2. The molecule has 1 N–H and O–H groups in total. The van der Waals surface area contributed by atoms with Gasteiger partial charge in [-0.15, -0.1) is 0 Å². The van der Waals surface area contributed by atoms with Gasteiger partial charge in [-0.05, 0) is 55.5 Å². The molecule has 1 atom stereocenters. The Morgan fingerprint density at radius 1 is 1.21 bits per heavy atom. The number of hydrogen-bond acceptors (Lipinski definition) is 4. The van der Waals surface area contributed by atoms with Crippen molar-refractivity contribution in [3.63, 3.8) is 0 Å². The number of nitrogens with zero attached hydrogens (tertiary/aromatic N) is 1. The first kappa shape index (κ1) is 21.3. The van der Waals surface area contributed by atoms with Crippen LogP contribution in [0.2, 0.25) is 0 Å². The molecule has 2 aromatic carbocycles. The van der Waals surface area contributed by atoms with E-state index in [2.05, 4.69) is 5.32 Å². The van der Waals surface area contributed by atoms with Crippen LogP contribution in [0, 0.1) is 12.8 Å². The van der Waals surface area contributed by atoms with Crippen LogP contribution in [0.25, 0.3) is 0 Å². The monoisotopic (exact) mass is 416 g/mol. The lowest BCUT2D eigenvalue weighted by Crippen LogP contribution is -2.45. The van der Waals surface area contributed by atoms with E-state index in [0.29, 0.717) is 31.7 Å². The van der Waals surface area contributed by atoms with Gasteiger partial charge in [-0.2, -0.15) is 4.31 Å². The number of rotatable bonds is 7. The SMILES string of the molecule is COc1ccc(S(=O)(=O)N2CCC[C@H](C(=O)NCCc3ccccc3)C2)cc1C. The lowest BCUT2D eigenvalue weighted by molar-refractivity contribution is -0.126. The number of aryl methyl sites for hydroxylation is 1. The molecule has 1 heterocycles. The summed E-state index contributed by atoms with van der Waals surface area (Å²) in [6.45, 7) is 3.01. The van der Waals surface area contributed by atoms with Crippen molar-refractivity contribution in [3.05, 3.63) is 59.7 Å². The lowest BCUT2D eigenvalue weighted by Gasteiger charge is -2.31. The van der Waals surface area contributed by atoms with Crippen molar-refractivity contribution in [2.45, 2.75) is 31.1 Å². The number of carbonyl (C=O) groups is 1. The number of benzene rings is 2. The second-order valence-electron chi connectivity index (χ2n) is 7.36. The summed E-state index contributed by atoms with van der Waals surface area (Å²) in [6, 6.07) is 14.8. The Bertz CT molecular complexity index is 945. The van der Waals surface area contributed by atoms with Crippen LogP contribution in [-0.4, -0.2) is 45.4 Å². The molecule has 2 aromatic rings. The number of sulfonamides is 1. The molecule has 0 aliphatic carbocycles. The predicted octanol–water partition coefficient (Wildman–Crippen LogP) is 2.76. The minimum Gasteiger partial charge on any atom is -0.496 e. The fourth-order valence-corrected chi connectivity index (χ4v) is 5.26. The molecular formula is C22H28N2O4S. The van der Waals surface area contributed by atoms with Crippen LogP contribution in [0.15, 0.2) is 53.4 Å². The fraction of sp³-hybridized carbons (Fsp3) is 0.409. The number of hydrogen-bond donors (Lipinski definition) is 1. The highest BCUT2D eigenvalue weighted by Gasteiger charge is 2.33. The van der Waals surface area contributed by atoms with Crippen LogP contribution in [-0.2, 0) is 21.2 Å². The zero-order valence-electron chi connectivity index (χ0n) is 16.9. The summed E-state index contributed by atoms with van der Waals surface area (Å²) in [4.78, 5) is 12.8. The summed E-state index contributed by atoms with van der Waals surface area (Å²) in [7, 11) is -2.08. The molecule has 0 aromatic heterocycles. The normalized spacial score (nSPS) is 17.7. The summed E-state index contributed by atoms with van der Waals surface area (Å²) in [5.41, 5.74) is 1.93. The van der Waals surface area contributed by atoms with Gasteiger partial charge in [-0.3, -0.25) is 4.79 Å². The molecule has 1 aliphatic heterocycles. The molecule has 0 unspecified atom stereocenters. The Morgan fingerprint density at radius 3 is 2.66 bits per heavy atom. The van der Waals surface area contributed by atoms with Crippen molar-refractivity contribution >= 4 is 15.9 Å². The fourth-order valence-electron chi connectivity index (χ4n) is 3.65. The first-order valence-electron chi connectivity index (χ1n) is 9.88. The summed E-state index contributed by atoms with van der Waals surface area (Å²) in [6.07, 6.45) is 2.13. The van der Waals surface area contributed by atoms with E-state index in [-0.39, 0.29) is 23.3 Å². The minimum absolute atomic E-state index is 0.0771. The quantitative estimate of drug-likeness (QED) is 0.753. The topological polar surface area (TPSA) is 75.7 Å². The standard InChI is InChI=1S/C22H28N2O4S/c1-17-15-20(10-11-21(17)28-2)29(26,27)24-14-6-9-19(16-24)22(25)23-13-12-18-7-4-3-5-8-18/h3-5,7-8,10-11,15,19H,6,9,12-14,16H2,1-2H3,(H,23,25)/t19-/m0/s1. The van der Waals surface area contributed by atoms with E-state index < -0.39 is 10.0 Å². The van der Waals surface area contributed by atoms with Gasteiger partial charge in [-0.1, -0.05) is 30.3 Å². The van der Waals surface area contributed by atoms with Gasteiger partial charge in [-0.25, -0.2) is 8.42 Å². The number of nitrogens with one attached hydrogen (secondary N) is 1. The molecule has 1 fully saturated rings. The van der Waals surface area contributed by atoms with Crippen molar-refractivity contribution in [2.24, 2.45) is 5.92 Å². The van der Waals surface area contributed by atoms with Crippen LogP contribution in [0.3, 0.4) is 0 Å². The van der Waals surface area contributed by atoms with Gasteiger partial charge >= 0.3 is 0 Å². The molecule has 6 nitrogen and oxygen atoms in total. The number of ether oxygens (including phenoxy) is 1. The smallest absolute Gasteiger partial charge is 0.243 e. The highest BCUT2D eigenvalue weighted by Crippen LogP contribution is 2.27. The van der Waals surface area contributed by atoms with E-state index in [1.165, 1.54) is 4.31 Å². The first-order valence-corrected chi connectivity index (χ1v) is 11.3. The van der Waals surface area contributed by atoms with Crippen LogP contribution >= 0.6 is 0 Å². The second-order valence-corrected chi connectivity index (χ2v) is 9.30. The van der Waals surface area contributed by atoms with Gasteiger partial charge in [0.15, 0.2) is 0 Å². The summed E-state index contributed by atoms with van der Waals surface area (Å²) < 4.78 is 32.8. The zero-order valence-corrected chi connectivity index (χ0v) is 17.7. The van der Waals surface area contributed by atoms with E-state index in [4.69, 9.17) is 4.74 Å². The molecule has 1 aliphatic rings. The number of methoxy groups -OCH3 is 1. The van der Waals surface area contributed by atoms with Gasteiger partial charge in [0, 0.05) is 19.6 Å². The average Bonchev–Trinajstić information content (AvgIpc) is 2.74. The first-order chi connectivity index (χ1) is 13.9. The molecule has 0 spiro atoms. The van der Waals surface area contributed by atoms with Crippen molar-refractivity contribution in [1.29, 1.82) is 0 Å². The van der Waals surface area contributed by atoms with Gasteiger partial charge in [0.1, 0.15) is 5.75 Å². The van der Waals surface area contributed by atoms with Crippen molar-refractivity contribution in [1.82, 2.24) is 9.62 Å². The molecule has 0 radical (unpaired) electrons. The molecule has 7 heteroatoms. The van der Waals surface area contributed by atoms with Crippen molar-refractivity contribution < 1.29 is 17.9 Å². The van der Waals surface area contributed by atoms with Gasteiger partial charge in [0.25, 0.3) is 0 Å². The Hall–Kier alpha value is -2.38. The maximum absolute atomic E-state index is 13.1. The molecule has 0 bridgehead atoms. The van der Waals surface area contributed by atoms with E-state index in [1.54, 1.807) is 25.3 Å². The largest absolute Gasteiger partial charge is 0.496 e. The summed E-state index contributed by atoms with van der Waals surface area (Å²) in [5.74, 6) is 0.249. The van der Waals surface area contributed by atoms with Gasteiger partial charge in [0.05, 0.1) is 17.9 Å². The average molecular weight is 417 g/mol. The highest BCUT2D eigenvalue weighted by molar-refractivity contribution is 7.89. The molecular weight excluding hydrogens is 388 g/mol. The molecule has 29 heavy (non-hydrogen) atoms. The summed E-state index contributed by atoms with van der Waals surface area (Å²) >= 11 is 0. The predicted molar refractivity (Wildman–Crippen MR) is 112 cm³/mol. The number of amides is 1. The van der Waals surface area contributed by atoms with E-state index in [1.807, 2.05) is 37.3 Å². The third-order valence-electron chi connectivity index (χ3n) is 5.31. The maximum atomic E-state index is 13.1. The van der Waals surface area contributed by atoms with Gasteiger partial charge in [0.2, 0.25) is 15.9 Å². The Balaban J connectivity index is 1.61. The molecule has 1 amide bonds. The second kappa shape index (κ2) is 9.41. The van der Waals surface area contributed by atoms with Crippen LogP contribution in [0.4, 0.5) is 0 Å². The Labute approximate surface area is 172 Å². The number of piperidine rings is 1. The molecule has 0 saturated carbocycles. The van der Waals surface area contributed by atoms with Crippen molar-refractivity contribution in [3.8, 4) is 5.75 Å². The Morgan fingerprint density at radius 2 is 1.97 bits per heavy atom. The molecule has 156 valence electrons. The number of carbonyl (C=O) groups excluding carboxylic acids is 1. The van der Waals surface area contributed by atoms with E-state index >= 15 is 0 Å². The third kappa shape index (κ3) is 5.16. The van der Waals surface area contributed by atoms with Crippen LogP contribution in [0.1, 0.15) is 24.0 Å². The zero-order chi connectivity index (χ0) is 20.9. The van der Waals surface area contributed by atoms with Crippen molar-refractivity contribution in [2.75, 3.05) is 26.7 Å².